The summed E-state index contributed by atoms with van der Waals surface area (Å²) in [7, 11) is 0. The lowest BCUT2D eigenvalue weighted by atomic mass is 10.1. The maximum atomic E-state index is 13.3. The first-order chi connectivity index (χ1) is 10.1. The van der Waals surface area contributed by atoms with Gasteiger partial charge in [-0.25, -0.2) is 8.78 Å². The van der Waals surface area contributed by atoms with Crippen LogP contribution in [-0.4, -0.2) is 6.54 Å². The first-order valence-electron chi connectivity index (χ1n) is 6.43. The van der Waals surface area contributed by atoms with Gasteiger partial charge < -0.3 is 10.5 Å². The zero-order chi connectivity index (χ0) is 15.2. The minimum Gasteiger partial charge on any atom is -0.489 e. The SMILES string of the molecule is N#Cc1cc(F)cc(COc2ccc(F)cc2CCN)c1. The Morgan fingerprint density at radius 1 is 1.10 bits per heavy atom. The highest BCUT2D eigenvalue weighted by Crippen LogP contribution is 2.21. The molecule has 0 aliphatic heterocycles. The third-order valence-corrected chi connectivity index (χ3v) is 2.92. The number of halogens is 2. The fourth-order valence-electron chi connectivity index (χ4n) is 2.00. The van der Waals surface area contributed by atoms with Gasteiger partial charge in [0.15, 0.2) is 0 Å². The van der Waals surface area contributed by atoms with Crippen LogP contribution in [0.15, 0.2) is 36.4 Å². The summed E-state index contributed by atoms with van der Waals surface area (Å²) >= 11 is 0. The zero-order valence-electron chi connectivity index (χ0n) is 11.3. The van der Waals surface area contributed by atoms with Crippen molar-refractivity contribution in [2.75, 3.05) is 6.54 Å². The van der Waals surface area contributed by atoms with E-state index in [9.17, 15) is 8.78 Å². The van der Waals surface area contributed by atoms with Crippen LogP contribution in [0.4, 0.5) is 8.78 Å². The van der Waals surface area contributed by atoms with E-state index in [2.05, 4.69) is 0 Å². The third-order valence-electron chi connectivity index (χ3n) is 2.92. The number of hydrogen-bond acceptors (Lipinski definition) is 3. The van der Waals surface area contributed by atoms with Gasteiger partial charge in [0.1, 0.15) is 24.0 Å². The van der Waals surface area contributed by atoms with Gasteiger partial charge in [-0.3, -0.25) is 0 Å². The van der Waals surface area contributed by atoms with Gasteiger partial charge in [0.25, 0.3) is 0 Å². The molecule has 0 radical (unpaired) electrons. The number of rotatable bonds is 5. The van der Waals surface area contributed by atoms with E-state index < -0.39 is 5.82 Å². The third kappa shape index (κ3) is 4.01. The minimum absolute atomic E-state index is 0.0929. The molecule has 0 bridgehead atoms. The number of nitriles is 1. The van der Waals surface area contributed by atoms with E-state index in [0.29, 0.717) is 29.8 Å². The molecule has 0 heterocycles. The second-order valence-corrected chi connectivity index (χ2v) is 4.54. The Kier molecular flexibility index (Phi) is 4.85. The van der Waals surface area contributed by atoms with Crippen LogP contribution in [0, 0.1) is 23.0 Å². The summed E-state index contributed by atoms with van der Waals surface area (Å²) in [5, 5.41) is 8.80. The molecule has 5 heteroatoms. The Morgan fingerprint density at radius 2 is 1.90 bits per heavy atom. The molecule has 0 saturated heterocycles. The van der Waals surface area contributed by atoms with Crippen molar-refractivity contribution in [1.29, 1.82) is 5.26 Å². The predicted molar refractivity (Wildman–Crippen MR) is 74.6 cm³/mol. The number of ether oxygens (including phenoxy) is 1. The van der Waals surface area contributed by atoms with Crippen molar-refractivity contribution in [3.05, 3.63) is 64.7 Å². The molecule has 2 N–H and O–H groups in total. The molecular formula is C16H14F2N2O. The molecule has 0 spiro atoms. The monoisotopic (exact) mass is 288 g/mol. The lowest BCUT2D eigenvalue weighted by Crippen LogP contribution is -2.06. The number of hydrogen-bond donors (Lipinski definition) is 1. The second-order valence-electron chi connectivity index (χ2n) is 4.54. The number of nitrogens with two attached hydrogens (primary N) is 1. The number of benzene rings is 2. The number of nitrogens with zero attached hydrogens (tertiary/aromatic N) is 1. The van der Waals surface area contributed by atoms with Crippen molar-refractivity contribution in [2.45, 2.75) is 13.0 Å². The lowest BCUT2D eigenvalue weighted by Gasteiger charge is -2.11. The van der Waals surface area contributed by atoms with Crippen LogP contribution < -0.4 is 10.5 Å². The summed E-state index contributed by atoms with van der Waals surface area (Å²) in [4.78, 5) is 0. The molecule has 0 fully saturated rings. The summed E-state index contributed by atoms with van der Waals surface area (Å²) in [6.07, 6.45) is 0.486. The van der Waals surface area contributed by atoms with E-state index in [1.165, 1.54) is 24.3 Å². The van der Waals surface area contributed by atoms with Crippen molar-refractivity contribution in [3.8, 4) is 11.8 Å². The summed E-state index contributed by atoms with van der Waals surface area (Å²) in [6.45, 7) is 0.466. The Bertz CT molecular complexity index is 680. The van der Waals surface area contributed by atoms with Gasteiger partial charge >= 0.3 is 0 Å². The molecule has 0 unspecified atom stereocenters. The second kappa shape index (κ2) is 6.82. The van der Waals surface area contributed by atoms with Crippen molar-refractivity contribution in [1.82, 2.24) is 0 Å². The molecule has 3 nitrogen and oxygen atoms in total. The van der Waals surface area contributed by atoms with Crippen LogP contribution in [-0.2, 0) is 13.0 Å². The Balaban J connectivity index is 2.16. The highest BCUT2D eigenvalue weighted by atomic mass is 19.1. The molecule has 21 heavy (non-hydrogen) atoms. The smallest absolute Gasteiger partial charge is 0.124 e. The van der Waals surface area contributed by atoms with E-state index >= 15 is 0 Å². The van der Waals surface area contributed by atoms with E-state index in [1.54, 1.807) is 6.07 Å². The molecule has 2 rings (SSSR count). The topological polar surface area (TPSA) is 59.0 Å². The van der Waals surface area contributed by atoms with Crippen LogP contribution in [0.3, 0.4) is 0 Å². The summed E-state index contributed by atoms with van der Waals surface area (Å²) < 4.78 is 32.1. The first-order valence-corrected chi connectivity index (χ1v) is 6.43. The van der Waals surface area contributed by atoms with Crippen molar-refractivity contribution in [3.63, 3.8) is 0 Å². The van der Waals surface area contributed by atoms with Gasteiger partial charge in [-0.1, -0.05) is 0 Å². The van der Waals surface area contributed by atoms with Crippen molar-refractivity contribution in [2.24, 2.45) is 5.73 Å². The molecule has 0 aromatic heterocycles. The van der Waals surface area contributed by atoms with E-state index in [4.69, 9.17) is 15.7 Å². The van der Waals surface area contributed by atoms with Gasteiger partial charge in [-0.15, -0.1) is 0 Å². The minimum atomic E-state index is -0.492. The standard InChI is InChI=1S/C16H14F2N2O/c17-14-1-2-16(13(8-14)3-4-19)21-10-12-5-11(9-20)6-15(18)7-12/h1-2,5-8H,3-4,10,19H2. The highest BCUT2D eigenvalue weighted by Gasteiger charge is 2.07. The summed E-state index contributed by atoms with van der Waals surface area (Å²) in [5.74, 6) is -0.345. The van der Waals surface area contributed by atoms with Crippen LogP contribution >= 0.6 is 0 Å². The first kappa shape index (κ1) is 14.9. The quantitative estimate of drug-likeness (QED) is 0.920. The van der Waals surface area contributed by atoms with Crippen molar-refractivity contribution >= 4 is 0 Å². The van der Waals surface area contributed by atoms with Crippen LogP contribution in [0.1, 0.15) is 16.7 Å². The van der Waals surface area contributed by atoms with Crippen LogP contribution in [0.5, 0.6) is 5.75 Å². The Hall–Kier alpha value is -2.45. The Labute approximate surface area is 121 Å². The van der Waals surface area contributed by atoms with E-state index in [-0.39, 0.29) is 18.0 Å². The van der Waals surface area contributed by atoms with Gasteiger partial charge in [-0.05, 0) is 60.5 Å². The van der Waals surface area contributed by atoms with E-state index in [1.807, 2.05) is 6.07 Å². The maximum absolute atomic E-state index is 13.3. The largest absolute Gasteiger partial charge is 0.489 e. The fourth-order valence-corrected chi connectivity index (χ4v) is 2.00. The summed E-state index contributed by atoms with van der Waals surface area (Å²) in [5.41, 5.74) is 6.91. The molecule has 2 aromatic carbocycles. The van der Waals surface area contributed by atoms with E-state index in [0.717, 1.165) is 6.07 Å². The molecule has 2 aromatic rings. The van der Waals surface area contributed by atoms with Gasteiger partial charge in [0.2, 0.25) is 0 Å². The van der Waals surface area contributed by atoms with Gasteiger partial charge in [0.05, 0.1) is 11.6 Å². The molecule has 0 aliphatic rings. The Morgan fingerprint density at radius 3 is 2.62 bits per heavy atom. The average Bonchev–Trinajstić information content (AvgIpc) is 2.46. The van der Waals surface area contributed by atoms with Crippen molar-refractivity contribution < 1.29 is 13.5 Å². The normalized spacial score (nSPS) is 10.2. The molecule has 0 saturated carbocycles. The van der Waals surface area contributed by atoms with Gasteiger partial charge in [-0.2, -0.15) is 5.26 Å². The zero-order valence-corrected chi connectivity index (χ0v) is 11.3. The lowest BCUT2D eigenvalue weighted by molar-refractivity contribution is 0.301. The fraction of sp³-hybridized carbons (Fsp3) is 0.188. The molecule has 108 valence electrons. The van der Waals surface area contributed by atoms with Crippen LogP contribution in [0.25, 0.3) is 0 Å². The molecular weight excluding hydrogens is 274 g/mol. The predicted octanol–water partition coefficient (Wildman–Crippen LogP) is 2.92. The maximum Gasteiger partial charge on any atom is 0.124 e. The van der Waals surface area contributed by atoms with Gasteiger partial charge in [0, 0.05) is 0 Å². The van der Waals surface area contributed by atoms with Crippen LogP contribution in [0.2, 0.25) is 0 Å². The highest BCUT2D eigenvalue weighted by molar-refractivity contribution is 5.36. The average molecular weight is 288 g/mol. The molecule has 0 amide bonds. The summed E-state index contributed by atoms with van der Waals surface area (Å²) in [6, 6.07) is 10.1. The molecule has 0 atom stereocenters. The molecule has 0 aliphatic carbocycles.